The Morgan fingerprint density at radius 1 is 1.27 bits per heavy atom. The van der Waals surface area contributed by atoms with E-state index >= 15 is 0 Å². The van der Waals surface area contributed by atoms with E-state index in [-0.39, 0.29) is 0 Å². The lowest BCUT2D eigenvalue weighted by atomic mass is 9.92. The molecule has 0 radical (unpaired) electrons. The van der Waals surface area contributed by atoms with Crippen LogP contribution < -0.4 is 5.32 Å². The van der Waals surface area contributed by atoms with E-state index in [2.05, 4.69) is 19.2 Å². The summed E-state index contributed by atoms with van der Waals surface area (Å²) < 4.78 is 0. The summed E-state index contributed by atoms with van der Waals surface area (Å²) in [5.74, 6) is -1.08. The molecule has 0 rings (SSSR count). The molecule has 0 aliphatic rings. The van der Waals surface area contributed by atoms with E-state index in [1.54, 1.807) is 0 Å². The fraction of sp³-hybridized carbons (Fsp3) is 0.818. The van der Waals surface area contributed by atoms with Crippen LogP contribution in [0.1, 0.15) is 40.5 Å². The lowest BCUT2D eigenvalue weighted by Gasteiger charge is -2.20. The van der Waals surface area contributed by atoms with E-state index < -0.39 is 17.3 Å². The highest BCUT2D eigenvalue weighted by Gasteiger charge is 2.35. The van der Waals surface area contributed by atoms with E-state index in [0.717, 1.165) is 12.8 Å². The van der Waals surface area contributed by atoms with Crippen molar-refractivity contribution in [3.05, 3.63) is 0 Å². The summed E-state index contributed by atoms with van der Waals surface area (Å²) in [7, 11) is 0. The van der Waals surface area contributed by atoms with Crippen LogP contribution >= 0.6 is 0 Å². The van der Waals surface area contributed by atoms with Crippen LogP contribution in [-0.4, -0.2) is 23.5 Å². The average molecular weight is 215 g/mol. The zero-order valence-electron chi connectivity index (χ0n) is 9.96. The Morgan fingerprint density at radius 3 is 2.07 bits per heavy atom. The number of carbonyl (C=O) groups is 2. The van der Waals surface area contributed by atoms with Gasteiger partial charge in [0.1, 0.15) is 5.41 Å². The molecule has 0 aromatic carbocycles. The number of hydrogen-bond acceptors (Lipinski definition) is 2. The van der Waals surface area contributed by atoms with Gasteiger partial charge in [-0.05, 0) is 19.8 Å². The molecule has 0 fully saturated rings. The molecule has 88 valence electrons. The van der Waals surface area contributed by atoms with Gasteiger partial charge in [0.05, 0.1) is 0 Å². The second-order valence-corrected chi connectivity index (χ2v) is 4.32. The van der Waals surface area contributed by atoms with Crippen LogP contribution in [0.15, 0.2) is 0 Å². The number of rotatable bonds is 6. The van der Waals surface area contributed by atoms with Crippen molar-refractivity contribution in [3.63, 3.8) is 0 Å². The molecule has 0 aliphatic heterocycles. The summed E-state index contributed by atoms with van der Waals surface area (Å²) in [6.07, 6.45) is 1.98. The molecule has 0 unspecified atom stereocenters. The van der Waals surface area contributed by atoms with E-state index in [1.807, 2.05) is 0 Å². The van der Waals surface area contributed by atoms with E-state index in [1.165, 1.54) is 13.8 Å². The summed E-state index contributed by atoms with van der Waals surface area (Å²) in [5, 5.41) is 11.5. The van der Waals surface area contributed by atoms with Crippen LogP contribution in [0, 0.1) is 11.3 Å². The van der Waals surface area contributed by atoms with Crippen molar-refractivity contribution in [2.75, 3.05) is 6.54 Å². The molecule has 0 aromatic rings. The number of hydrogen-bond donors (Lipinski definition) is 2. The van der Waals surface area contributed by atoms with Gasteiger partial charge >= 0.3 is 5.97 Å². The zero-order chi connectivity index (χ0) is 12.1. The third kappa shape index (κ3) is 3.90. The lowest BCUT2D eigenvalue weighted by Crippen LogP contribution is -2.43. The Hall–Kier alpha value is -1.06. The standard InChI is InChI=1S/C11H21NO3/c1-5-8(6-2)7-12-9(13)11(3,4)10(14)15/h8H,5-7H2,1-4H3,(H,12,13)(H,14,15). The van der Waals surface area contributed by atoms with Crippen LogP contribution in [0.5, 0.6) is 0 Å². The molecular formula is C11H21NO3. The molecule has 4 heteroatoms. The summed E-state index contributed by atoms with van der Waals surface area (Å²) in [5.41, 5.74) is -1.34. The minimum absolute atomic E-state index is 0.415. The normalized spacial score (nSPS) is 11.5. The van der Waals surface area contributed by atoms with Crippen molar-refractivity contribution < 1.29 is 14.7 Å². The summed E-state index contributed by atoms with van der Waals surface area (Å²) in [6, 6.07) is 0. The number of carboxylic acids is 1. The van der Waals surface area contributed by atoms with Crippen molar-refractivity contribution in [2.24, 2.45) is 11.3 Å². The number of nitrogens with one attached hydrogen (secondary N) is 1. The number of aliphatic carboxylic acids is 1. The van der Waals surface area contributed by atoms with Gasteiger partial charge in [0, 0.05) is 6.54 Å². The molecule has 0 spiro atoms. The van der Waals surface area contributed by atoms with Gasteiger partial charge in [-0.3, -0.25) is 9.59 Å². The van der Waals surface area contributed by atoms with Crippen LogP contribution in [0.3, 0.4) is 0 Å². The minimum atomic E-state index is -1.34. The summed E-state index contributed by atoms with van der Waals surface area (Å²) in [6.45, 7) is 7.50. The zero-order valence-corrected chi connectivity index (χ0v) is 9.96. The first-order valence-electron chi connectivity index (χ1n) is 5.37. The molecule has 0 aromatic heterocycles. The van der Waals surface area contributed by atoms with Crippen molar-refractivity contribution >= 4 is 11.9 Å². The molecule has 0 aliphatic carbocycles. The second kappa shape index (κ2) is 5.73. The first-order chi connectivity index (χ1) is 6.86. The van der Waals surface area contributed by atoms with Gasteiger partial charge in [-0.1, -0.05) is 26.7 Å². The first-order valence-corrected chi connectivity index (χ1v) is 5.37. The maximum atomic E-state index is 11.6. The van der Waals surface area contributed by atoms with E-state index in [0.29, 0.717) is 12.5 Å². The van der Waals surface area contributed by atoms with E-state index in [4.69, 9.17) is 5.11 Å². The van der Waals surface area contributed by atoms with Crippen molar-refractivity contribution in [1.82, 2.24) is 5.32 Å². The Labute approximate surface area is 91.1 Å². The van der Waals surface area contributed by atoms with Gasteiger partial charge in [-0.15, -0.1) is 0 Å². The molecule has 15 heavy (non-hydrogen) atoms. The van der Waals surface area contributed by atoms with Gasteiger partial charge in [0.25, 0.3) is 0 Å². The minimum Gasteiger partial charge on any atom is -0.480 e. The smallest absolute Gasteiger partial charge is 0.318 e. The maximum absolute atomic E-state index is 11.6. The molecule has 0 saturated carbocycles. The molecule has 0 saturated heterocycles. The highest BCUT2D eigenvalue weighted by molar-refractivity contribution is 6.00. The van der Waals surface area contributed by atoms with Crippen LogP contribution in [0.2, 0.25) is 0 Å². The Balaban J connectivity index is 4.20. The van der Waals surface area contributed by atoms with Crippen LogP contribution in [0.4, 0.5) is 0 Å². The molecule has 0 bridgehead atoms. The van der Waals surface area contributed by atoms with Gasteiger partial charge < -0.3 is 10.4 Å². The predicted octanol–water partition coefficient (Wildman–Crippen LogP) is 1.65. The maximum Gasteiger partial charge on any atom is 0.318 e. The molecular weight excluding hydrogens is 194 g/mol. The monoisotopic (exact) mass is 215 g/mol. The summed E-state index contributed by atoms with van der Waals surface area (Å²) >= 11 is 0. The lowest BCUT2D eigenvalue weighted by molar-refractivity contribution is -0.153. The van der Waals surface area contributed by atoms with E-state index in [9.17, 15) is 9.59 Å². The summed E-state index contributed by atoms with van der Waals surface area (Å²) in [4.78, 5) is 22.3. The van der Waals surface area contributed by atoms with Crippen molar-refractivity contribution in [2.45, 2.75) is 40.5 Å². The highest BCUT2D eigenvalue weighted by Crippen LogP contribution is 2.15. The van der Waals surface area contributed by atoms with Gasteiger partial charge in [-0.2, -0.15) is 0 Å². The number of carbonyl (C=O) groups excluding carboxylic acids is 1. The topological polar surface area (TPSA) is 66.4 Å². The molecule has 2 N–H and O–H groups in total. The SMILES string of the molecule is CCC(CC)CNC(=O)C(C)(C)C(=O)O. The van der Waals surface area contributed by atoms with Crippen molar-refractivity contribution in [1.29, 1.82) is 0 Å². The van der Waals surface area contributed by atoms with Gasteiger partial charge in [0.2, 0.25) is 5.91 Å². The molecule has 0 atom stereocenters. The third-order valence-corrected chi connectivity index (χ3v) is 2.81. The van der Waals surface area contributed by atoms with Crippen molar-refractivity contribution in [3.8, 4) is 0 Å². The fourth-order valence-electron chi connectivity index (χ4n) is 1.13. The first kappa shape index (κ1) is 13.9. The Bertz CT molecular complexity index is 232. The van der Waals surface area contributed by atoms with Gasteiger partial charge in [0.15, 0.2) is 0 Å². The Morgan fingerprint density at radius 2 is 1.73 bits per heavy atom. The fourth-order valence-corrected chi connectivity index (χ4v) is 1.13. The highest BCUT2D eigenvalue weighted by atomic mass is 16.4. The molecule has 1 amide bonds. The number of amides is 1. The largest absolute Gasteiger partial charge is 0.480 e. The average Bonchev–Trinajstić information content (AvgIpc) is 2.18. The molecule has 0 heterocycles. The Kier molecular flexibility index (Phi) is 5.33. The predicted molar refractivity (Wildman–Crippen MR) is 58.5 cm³/mol. The third-order valence-electron chi connectivity index (χ3n) is 2.81. The number of carboxylic acid groups (broad SMARTS) is 1. The second-order valence-electron chi connectivity index (χ2n) is 4.32. The van der Waals surface area contributed by atoms with Crippen LogP contribution in [0.25, 0.3) is 0 Å². The quantitative estimate of drug-likeness (QED) is 0.662. The van der Waals surface area contributed by atoms with Gasteiger partial charge in [-0.25, -0.2) is 0 Å². The molecule has 4 nitrogen and oxygen atoms in total. The van der Waals surface area contributed by atoms with Crippen LogP contribution in [-0.2, 0) is 9.59 Å².